The van der Waals surface area contributed by atoms with E-state index in [0.29, 0.717) is 0 Å². The zero-order valence-corrected chi connectivity index (χ0v) is 32.4. The largest absolute Gasteiger partial charge is 0.456 e. The average Bonchev–Trinajstić information content (AvgIpc) is 3.76. The fourth-order valence-corrected chi connectivity index (χ4v) is 10.1. The molecule has 11 aromatic rings. The molecule has 0 saturated carbocycles. The molecule has 272 valence electrons. The lowest BCUT2D eigenvalue weighted by Crippen LogP contribution is -2.14. The Labute approximate surface area is 337 Å². The van der Waals surface area contributed by atoms with Crippen molar-refractivity contribution in [3.05, 3.63) is 205 Å². The smallest absolute Gasteiger partial charge is 0.135 e. The summed E-state index contributed by atoms with van der Waals surface area (Å²) in [5, 5.41) is 9.87. The summed E-state index contributed by atoms with van der Waals surface area (Å²) in [7, 11) is 0. The van der Waals surface area contributed by atoms with E-state index in [-0.39, 0.29) is 5.41 Å². The van der Waals surface area contributed by atoms with Gasteiger partial charge in [-0.1, -0.05) is 178 Å². The fourth-order valence-electron chi connectivity index (χ4n) is 10.1. The maximum absolute atomic E-state index is 6.22. The molecular formula is C57H38O. The third kappa shape index (κ3) is 4.77. The second-order valence-electron chi connectivity index (χ2n) is 16.4. The molecule has 1 aliphatic rings. The third-order valence-electron chi connectivity index (χ3n) is 12.9. The Balaban J connectivity index is 1.04. The van der Waals surface area contributed by atoms with Crippen LogP contribution in [-0.2, 0) is 5.41 Å². The molecule has 10 aromatic carbocycles. The predicted octanol–water partition coefficient (Wildman–Crippen LogP) is 16.0. The van der Waals surface area contributed by atoms with Gasteiger partial charge in [0.05, 0.1) is 0 Å². The first-order chi connectivity index (χ1) is 28.5. The molecule has 0 aliphatic heterocycles. The summed E-state index contributed by atoms with van der Waals surface area (Å²) in [5.74, 6) is 0. The molecular weight excluding hydrogens is 701 g/mol. The van der Waals surface area contributed by atoms with Crippen LogP contribution in [0.1, 0.15) is 25.0 Å². The lowest BCUT2D eigenvalue weighted by Gasteiger charge is -2.22. The molecule has 12 rings (SSSR count). The summed E-state index contributed by atoms with van der Waals surface area (Å²) >= 11 is 0. The summed E-state index contributed by atoms with van der Waals surface area (Å²) < 4.78 is 6.22. The van der Waals surface area contributed by atoms with E-state index in [1.807, 2.05) is 12.1 Å². The fraction of sp³-hybridized carbons (Fsp3) is 0.0526. The highest BCUT2D eigenvalue weighted by Gasteiger charge is 2.36. The van der Waals surface area contributed by atoms with Crippen molar-refractivity contribution in [1.29, 1.82) is 0 Å². The molecule has 0 bridgehead atoms. The van der Waals surface area contributed by atoms with Crippen molar-refractivity contribution in [3.8, 4) is 55.6 Å². The molecule has 1 nitrogen and oxygen atoms in total. The Morgan fingerprint density at radius 1 is 0.310 bits per heavy atom. The maximum atomic E-state index is 6.22. The third-order valence-corrected chi connectivity index (χ3v) is 12.9. The van der Waals surface area contributed by atoms with Gasteiger partial charge >= 0.3 is 0 Å². The van der Waals surface area contributed by atoms with Gasteiger partial charge in [-0.25, -0.2) is 0 Å². The Hall–Kier alpha value is -7.22. The van der Waals surface area contributed by atoms with Crippen molar-refractivity contribution in [2.75, 3.05) is 0 Å². The molecule has 1 aliphatic carbocycles. The predicted molar refractivity (Wildman–Crippen MR) is 246 cm³/mol. The topological polar surface area (TPSA) is 13.1 Å². The van der Waals surface area contributed by atoms with E-state index in [0.717, 1.165) is 21.9 Å². The first-order valence-electron chi connectivity index (χ1n) is 20.3. The van der Waals surface area contributed by atoms with E-state index < -0.39 is 0 Å². The molecule has 0 N–H and O–H groups in total. The van der Waals surface area contributed by atoms with Gasteiger partial charge in [-0.2, -0.15) is 0 Å². The van der Waals surface area contributed by atoms with Crippen LogP contribution in [0.2, 0.25) is 0 Å². The summed E-state index contributed by atoms with van der Waals surface area (Å²) in [6.45, 7) is 4.73. The molecule has 0 spiro atoms. The highest BCUT2D eigenvalue weighted by Crippen LogP contribution is 2.53. The van der Waals surface area contributed by atoms with Crippen LogP contribution in [0, 0.1) is 0 Å². The first kappa shape index (κ1) is 33.0. The minimum atomic E-state index is -0.0619. The van der Waals surface area contributed by atoms with Crippen molar-refractivity contribution < 1.29 is 4.42 Å². The Bertz CT molecular complexity index is 3430. The Morgan fingerprint density at radius 2 is 0.879 bits per heavy atom. The Kier molecular flexibility index (Phi) is 7.04. The molecule has 1 aromatic heterocycles. The maximum Gasteiger partial charge on any atom is 0.135 e. The van der Waals surface area contributed by atoms with Crippen molar-refractivity contribution >= 4 is 54.3 Å². The molecule has 58 heavy (non-hydrogen) atoms. The van der Waals surface area contributed by atoms with Crippen LogP contribution >= 0.6 is 0 Å². The van der Waals surface area contributed by atoms with Crippen molar-refractivity contribution in [2.24, 2.45) is 0 Å². The normalized spacial score (nSPS) is 13.1. The molecule has 1 heterocycles. The van der Waals surface area contributed by atoms with Crippen LogP contribution in [-0.4, -0.2) is 0 Å². The van der Waals surface area contributed by atoms with E-state index >= 15 is 0 Å². The van der Waals surface area contributed by atoms with Crippen LogP contribution in [0.4, 0.5) is 0 Å². The SMILES string of the molecule is CC1(C)c2ccc(-c3cccc(-c4c5ccccc5c(-c5ccccc5-c5ccc6oc7ccccc7c6c5)c5ccccc45)c3)cc2-c2c1ccc1ccccc21. The zero-order chi connectivity index (χ0) is 38.5. The number of benzene rings is 10. The van der Waals surface area contributed by atoms with Crippen LogP contribution < -0.4 is 0 Å². The molecule has 0 atom stereocenters. The molecule has 0 amide bonds. The van der Waals surface area contributed by atoms with Gasteiger partial charge in [0.25, 0.3) is 0 Å². The summed E-state index contributed by atoms with van der Waals surface area (Å²) in [5.41, 5.74) is 17.1. The highest BCUT2D eigenvalue weighted by atomic mass is 16.3. The molecule has 0 saturated heterocycles. The summed E-state index contributed by atoms with van der Waals surface area (Å²) in [4.78, 5) is 0. The van der Waals surface area contributed by atoms with Gasteiger partial charge < -0.3 is 4.42 Å². The van der Waals surface area contributed by atoms with Crippen LogP contribution in [0.25, 0.3) is 110 Å². The zero-order valence-electron chi connectivity index (χ0n) is 32.4. The van der Waals surface area contributed by atoms with Crippen LogP contribution in [0.5, 0.6) is 0 Å². The van der Waals surface area contributed by atoms with Crippen molar-refractivity contribution in [3.63, 3.8) is 0 Å². The van der Waals surface area contributed by atoms with Gasteiger partial charge in [-0.15, -0.1) is 0 Å². The van der Waals surface area contributed by atoms with E-state index in [4.69, 9.17) is 4.42 Å². The van der Waals surface area contributed by atoms with E-state index in [9.17, 15) is 0 Å². The number of rotatable bonds is 4. The van der Waals surface area contributed by atoms with Crippen molar-refractivity contribution in [1.82, 2.24) is 0 Å². The lowest BCUT2D eigenvalue weighted by atomic mass is 9.81. The van der Waals surface area contributed by atoms with Gasteiger partial charge in [-0.3, -0.25) is 0 Å². The minimum Gasteiger partial charge on any atom is -0.456 e. The Morgan fingerprint density at radius 3 is 1.66 bits per heavy atom. The number of furan rings is 1. The van der Waals surface area contributed by atoms with Gasteiger partial charge in [0.15, 0.2) is 0 Å². The molecule has 0 radical (unpaired) electrons. The van der Waals surface area contributed by atoms with E-state index in [2.05, 4.69) is 196 Å². The summed E-state index contributed by atoms with van der Waals surface area (Å²) in [6.07, 6.45) is 0. The highest BCUT2D eigenvalue weighted by molar-refractivity contribution is 6.22. The average molecular weight is 739 g/mol. The van der Waals surface area contributed by atoms with Gasteiger partial charge in [0.2, 0.25) is 0 Å². The van der Waals surface area contributed by atoms with Crippen LogP contribution in [0.3, 0.4) is 0 Å². The standard InChI is InChI=1S/C57H38O/c1-57(2)50-29-27-37(33-49(50)56-41-18-4-3-14-35(41)26-30-51(56)57)36-15-13-16-39(32-36)54-44-21-7-9-23-46(44)55(47-24-10-8-22-45(47)54)43-20-6-5-17-40(43)38-28-31-53-48(34-38)42-19-11-12-25-52(42)58-53/h3-34H,1-2H3. The summed E-state index contributed by atoms with van der Waals surface area (Å²) in [6, 6.07) is 71.5. The monoisotopic (exact) mass is 738 g/mol. The van der Waals surface area contributed by atoms with E-state index in [1.165, 1.54) is 99.1 Å². The first-order valence-corrected chi connectivity index (χ1v) is 20.3. The molecule has 0 unspecified atom stereocenters. The van der Waals surface area contributed by atoms with Gasteiger partial charge in [0.1, 0.15) is 11.2 Å². The van der Waals surface area contributed by atoms with Gasteiger partial charge in [0, 0.05) is 16.2 Å². The number of fused-ring (bicyclic) bond motifs is 10. The number of hydrogen-bond donors (Lipinski definition) is 0. The quantitative estimate of drug-likeness (QED) is 0.164. The van der Waals surface area contributed by atoms with Crippen LogP contribution in [0.15, 0.2) is 199 Å². The molecule has 0 fully saturated rings. The van der Waals surface area contributed by atoms with Gasteiger partial charge in [-0.05, 0) is 129 Å². The second-order valence-corrected chi connectivity index (χ2v) is 16.4. The van der Waals surface area contributed by atoms with E-state index in [1.54, 1.807) is 0 Å². The lowest BCUT2D eigenvalue weighted by molar-refractivity contribution is 0.661. The van der Waals surface area contributed by atoms with Crippen molar-refractivity contribution in [2.45, 2.75) is 19.3 Å². The number of hydrogen-bond acceptors (Lipinski definition) is 1. The second kappa shape index (κ2) is 12.4. The number of para-hydroxylation sites is 1. The minimum absolute atomic E-state index is 0.0619. The molecule has 1 heteroatoms.